The summed E-state index contributed by atoms with van der Waals surface area (Å²) in [5.41, 5.74) is 2.58. The Balaban J connectivity index is 1.94. The normalized spacial score (nSPS) is 12.9. The Morgan fingerprint density at radius 2 is 2.05 bits per heavy atom. The fraction of sp³-hybridized carbons (Fsp3) is 0.188. The van der Waals surface area contributed by atoms with Gasteiger partial charge in [0, 0.05) is 37.9 Å². The lowest BCUT2D eigenvalue weighted by Gasteiger charge is -2.09. The third-order valence-electron chi connectivity index (χ3n) is 3.41. The molecule has 1 aliphatic rings. The Hall–Kier alpha value is -0.840. The predicted octanol–water partition coefficient (Wildman–Crippen LogP) is 5.23. The third kappa shape index (κ3) is 3.17. The maximum absolute atomic E-state index is 12.5. The Labute approximate surface area is 144 Å². The average molecular weight is 431 g/mol. The molecule has 0 saturated carbocycles. The van der Waals surface area contributed by atoms with Gasteiger partial charge in [0.1, 0.15) is 5.75 Å². The number of Topliss-reactive ketones (excluding diaryl/α,β-unsaturated/α-hetero) is 1. The average Bonchev–Trinajstić information content (AvgIpc) is 2.89. The number of ketones is 1. The summed E-state index contributed by atoms with van der Waals surface area (Å²) in [5.74, 6) is 0.849. The molecule has 0 atom stereocenters. The van der Waals surface area contributed by atoms with Gasteiger partial charge in [0.15, 0.2) is 5.78 Å². The molecule has 2 aromatic carbocycles. The molecule has 0 bridgehead atoms. The molecule has 21 heavy (non-hydrogen) atoms. The van der Waals surface area contributed by atoms with Crippen molar-refractivity contribution < 1.29 is 9.53 Å². The minimum absolute atomic E-state index is 0.0307. The second-order valence-corrected chi connectivity index (χ2v) is 7.08. The quantitative estimate of drug-likeness (QED) is 0.624. The van der Waals surface area contributed by atoms with Gasteiger partial charge in [-0.05, 0) is 35.9 Å². The number of benzene rings is 2. The smallest absolute Gasteiger partial charge is 0.168 e. The Kier molecular flexibility index (Phi) is 4.38. The molecule has 0 radical (unpaired) electrons. The topological polar surface area (TPSA) is 26.3 Å². The molecular formula is C16H11Br2ClO2. The van der Waals surface area contributed by atoms with Crippen molar-refractivity contribution in [1.82, 2.24) is 0 Å². The maximum atomic E-state index is 12.5. The van der Waals surface area contributed by atoms with Crippen molar-refractivity contribution in [1.29, 1.82) is 0 Å². The number of halogens is 3. The monoisotopic (exact) mass is 428 g/mol. The van der Waals surface area contributed by atoms with E-state index in [1.807, 2.05) is 30.3 Å². The fourth-order valence-electron chi connectivity index (χ4n) is 2.46. The molecule has 3 rings (SSSR count). The molecule has 5 heteroatoms. The van der Waals surface area contributed by atoms with Crippen molar-refractivity contribution >= 4 is 49.2 Å². The van der Waals surface area contributed by atoms with Gasteiger partial charge >= 0.3 is 0 Å². The van der Waals surface area contributed by atoms with Crippen LogP contribution in [0.2, 0.25) is 5.02 Å². The van der Waals surface area contributed by atoms with Crippen LogP contribution in [0, 0.1) is 0 Å². The minimum atomic E-state index is 0.0307. The van der Waals surface area contributed by atoms with Crippen LogP contribution >= 0.6 is 43.5 Å². The molecule has 0 fully saturated rings. The summed E-state index contributed by atoms with van der Waals surface area (Å²) >= 11 is 12.9. The van der Waals surface area contributed by atoms with Crippen molar-refractivity contribution in [3.63, 3.8) is 0 Å². The van der Waals surface area contributed by atoms with Crippen LogP contribution in [0.15, 0.2) is 39.3 Å². The molecule has 0 aromatic heterocycles. The predicted molar refractivity (Wildman–Crippen MR) is 90.5 cm³/mol. The summed E-state index contributed by atoms with van der Waals surface area (Å²) < 4.78 is 7.31. The van der Waals surface area contributed by atoms with E-state index in [1.54, 1.807) is 0 Å². The van der Waals surface area contributed by atoms with E-state index in [2.05, 4.69) is 31.9 Å². The van der Waals surface area contributed by atoms with E-state index in [4.69, 9.17) is 16.3 Å². The Morgan fingerprint density at radius 1 is 1.24 bits per heavy atom. The number of hydrogen-bond donors (Lipinski definition) is 0. The lowest BCUT2D eigenvalue weighted by molar-refractivity contribution is 0.0991. The van der Waals surface area contributed by atoms with Crippen LogP contribution in [-0.2, 0) is 12.8 Å². The molecule has 108 valence electrons. The van der Waals surface area contributed by atoms with Crippen molar-refractivity contribution in [2.45, 2.75) is 12.8 Å². The highest BCUT2D eigenvalue weighted by Crippen LogP contribution is 2.34. The summed E-state index contributed by atoms with van der Waals surface area (Å²) in [5, 5.41) is 0.648. The molecule has 0 amide bonds. The van der Waals surface area contributed by atoms with E-state index in [1.165, 1.54) is 0 Å². The van der Waals surface area contributed by atoms with Gasteiger partial charge < -0.3 is 4.74 Å². The highest BCUT2D eigenvalue weighted by molar-refractivity contribution is 9.11. The van der Waals surface area contributed by atoms with E-state index in [0.29, 0.717) is 17.2 Å². The Morgan fingerprint density at radius 3 is 2.86 bits per heavy atom. The molecule has 0 aliphatic carbocycles. The number of rotatable bonds is 3. The zero-order valence-electron chi connectivity index (χ0n) is 11.0. The van der Waals surface area contributed by atoms with Gasteiger partial charge in [0.05, 0.1) is 6.61 Å². The van der Waals surface area contributed by atoms with Gasteiger partial charge in [-0.15, -0.1) is 0 Å². The first-order chi connectivity index (χ1) is 10.0. The lowest BCUT2D eigenvalue weighted by atomic mass is 10.00. The minimum Gasteiger partial charge on any atom is -0.493 e. The Bertz CT molecular complexity index is 728. The van der Waals surface area contributed by atoms with Gasteiger partial charge in [-0.2, -0.15) is 0 Å². The number of carbonyl (C=O) groups is 1. The zero-order chi connectivity index (χ0) is 15.0. The summed E-state index contributed by atoms with van der Waals surface area (Å²) in [4.78, 5) is 12.5. The molecule has 2 nitrogen and oxygen atoms in total. The first kappa shape index (κ1) is 15.1. The number of carbonyl (C=O) groups excluding carboxylic acids is 1. The van der Waals surface area contributed by atoms with E-state index in [-0.39, 0.29) is 12.2 Å². The molecule has 0 N–H and O–H groups in total. The van der Waals surface area contributed by atoms with E-state index < -0.39 is 0 Å². The molecule has 2 aromatic rings. The largest absolute Gasteiger partial charge is 0.493 e. The first-order valence-corrected chi connectivity index (χ1v) is 8.43. The SMILES string of the molecule is O=C(Cc1cc(Cl)cc2c1OCC2)c1cc(Br)ccc1Br. The maximum Gasteiger partial charge on any atom is 0.168 e. The molecule has 1 aliphatic heterocycles. The third-order valence-corrected chi connectivity index (χ3v) is 4.81. The number of ether oxygens (including phenoxy) is 1. The van der Waals surface area contributed by atoms with Gasteiger partial charge in [0.2, 0.25) is 0 Å². The van der Waals surface area contributed by atoms with Gasteiger partial charge in [-0.1, -0.05) is 43.5 Å². The van der Waals surface area contributed by atoms with Gasteiger partial charge in [0.25, 0.3) is 0 Å². The fourth-order valence-corrected chi connectivity index (χ4v) is 3.55. The second-order valence-electron chi connectivity index (χ2n) is 4.88. The number of hydrogen-bond acceptors (Lipinski definition) is 2. The van der Waals surface area contributed by atoms with Crippen molar-refractivity contribution in [3.8, 4) is 5.75 Å². The van der Waals surface area contributed by atoms with E-state index in [9.17, 15) is 4.79 Å². The first-order valence-electron chi connectivity index (χ1n) is 6.47. The van der Waals surface area contributed by atoms with E-state index in [0.717, 1.165) is 32.2 Å². The molecular weight excluding hydrogens is 419 g/mol. The van der Waals surface area contributed by atoms with Crippen molar-refractivity contribution in [2.75, 3.05) is 6.61 Å². The molecule has 0 spiro atoms. The standard InChI is InChI=1S/C16H11Br2ClO2/c17-11-1-2-14(18)13(8-11)15(20)7-10-6-12(19)5-9-3-4-21-16(9)10/h1-2,5-6,8H,3-4,7H2. The highest BCUT2D eigenvalue weighted by atomic mass is 79.9. The van der Waals surface area contributed by atoms with Crippen molar-refractivity contribution in [2.24, 2.45) is 0 Å². The molecule has 0 unspecified atom stereocenters. The van der Waals surface area contributed by atoms with Crippen LogP contribution in [0.1, 0.15) is 21.5 Å². The van der Waals surface area contributed by atoms with Crippen LogP contribution in [0.5, 0.6) is 5.75 Å². The van der Waals surface area contributed by atoms with Crippen LogP contribution in [-0.4, -0.2) is 12.4 Å². The summed E-state index contributed by atoms with van der Waals surface area (Å²) in [6, 6.07) is 9.29. The van der Waals surface area contributed by atoms with Crippen LogP contribution in [0.4, 0.5) is 0 Å². The van der Waals surface area contributed by atoms with Crippen molar-refractivity contribution in [3.05, 3.63) is 61.0 Å². The van der Waals surface area contributed by atoms with Crippen LogP contribution in [0.3, 0.4) is 0 Å². The summed E-state index contributed by atoms with van der Waals surface area (Å²) in [6.45, 7) is 0.650. The lowest BCUT2D eigenvalue weighted by Crippen LogP contribution is -2.06. The van der Waals surface area contributed by atoms with E-state index >= 15 is 0 Å². The van der Waals surface area contributed by atoms with Gasteiger partial charge in [-0.3, -0.25) is 4.79 Å². The highest BCUT2D eigenvalue weighted by Gasteiger charge is 2.20. The van der Waals surface area contributed by atoms with Gasteiger partial charge in [-0.25, -0.2) is 0 Å². The zero-order valence-corrected chi connectivity index (χ0v) is 14.9. The summed E-state index contributed by atoms with van der Waals surface area (Å²) in [6.07, 6.45) is 1.12. The second kappa shape index (κ2) is 6.11. The van der Waals surface area contributed by atoms with Crippen LogP contribution in [0.25, 0.3) is 0 Å². The number of fused-ring (bicyclic) bond motifs is 1. The molecule has 1 heterocycles. The summed E-state index contributed by atoms with van der Waals surface area (Å²) in [7, 11) is 0. The van der Waals surface area contributed by atoms with Crippen LogP contribution < -0.4 is 4.74 Å². The molecule has 0 saturated heterocycles.